The van der Waals surface area contributed by atoms with Crippen molar-refractivity contribution in [2.75, 3.05) is 0 Å². The Labute approximate surface area is 143 Å². The fraction of sp³-hybridized carbons (Fsp3) is 0.235. The third-order valence-electron chi connectivity index (χ3n) is 4.09. The second kappa shape index (κ2) is 6.68. The number of carbonyl (C=O) groups is 1. The lowest BCUT2D eigenvalue weighted by atomic mass is 9.94. The van der Waals surface area contributed by atoms with Crippen molar-refractivity contribution in [3.8, 4) is 0 Å². The van der Waals surface area contributed by atoms with Gasteiger partial charge in [0.15, 0.2) is 5.82 Å². The number of hydrogen-bond acceptors (Lipinski definition) is 5. The topological polar surface area (TPSA) is 95.8 Å². The maximum Gasteiger partial charge on any atom is 0.381 e. The minimum absolute atomic E-state index is 0.144. The minimum atomic E-state index is -0.540. The van der Waals surface area contributed by atoms with E-state index in [4.69, 9.17) is 0 Å². The lowest BCUT2D eigenvalue weighted by Crippen LogP contribution is -2.22. The van der Waals surface area contributed by atoms with Crippen LogP contribution in [0.15, 0.2) is 48.9 Å². The van der Waals surface area contributed by atoms with Crippen LogP contribution >= 0.6 is 0 Å². The number of aromatic nitrogens is 4. The summed E-state index contributed by atoms with van der Waals surface area (Å²) in [5.74, 6) is -0.0561. The van der Waals surface area contributed by atoms with E-state index in [1.54, 1.807) is 35.5 Å². The normalized spacial score (nSPS) is 12.1. The summed E-state index contributed by atoms with van der Waals surface area (Å²) in [7, 11) is 1.76. The van der Waals surface area contributed by atoms with Crippen molar-refractivity contribution in [2.45, 2.75) is 19.4 Å². The molecule has 8 nitrogen and oxygen atoms in total. The number of rotatable bonds is 6. The molecule has 0 radical (unpaired) electrons. The van der Waals surface area contributed by atoms with Crippen LogP contribution in [0.1, 0.15) is 27.9 Å². The summed E-state index contributed by atoms with van der Waals surface area (Å²) < 4.78 is 3.30. The molecule has 3 aromatic rings. The Bertz CT molecular complexity index is 914. The van der Waals surface area contributed by atoms with Gasteiger partial charge in [-0.05, 0) is 15.5 Å². The molecule has 1 unspecified atom stereocenters. The highest BCUT2D eigenvalue weighted by molar-refractivity contribution is 5.98. The zero-order valence-electron chi connectivity index (χ0n) is 13.9. The summed E-state index contributed by atoms with van der Waals surface area (Å²) in [4.78, 5) is 31.5. The lowest BCUT2D eigenvalue weighted by Gasteiger charge is -2.16. The van der Waals surface area contributed by atoms with Crippen LogP contribution in [0.4, 0.5) is 5.82 Å². The molecule has 0 bridgehead atoms. The lowest BCUT2D eigenvalue weighted by molar-refractivity contribution is -0.389. The van der Waals surface area contributed by atoms with Crippen molar-refractivity contribution in [1.29, 1.82) is 0 Å². The van der Waals surface area contributed by atoms with Crippen LogP contribution < -0.4 is 0 Å². The van der Waals surface area contributed by atoms with Gasteiger partial charge in [0.1, 0.15) is 6.20 Å². The molecular formula is C17H17N5O3. The predicted octanol–water partition coefficient (Wildman–Crippen LogP) is 2.50. The number of hydrogen-bond donors (Lipinski definition) is 0. The van der Waals surface area contributed by atoms with Crippen LogP contribution in [0, 0.1) is 17.0 Å². The zero-order chi connectivity index (χ0) is 18.0. The van der Waals surface area contributed by atoms with Gasteiger partial charge in [-0.1, -0.05) is 30.3 Å². The molecule has 0 amide bonds. The van der Waals surface area contributed by atoms with Gasteiger partial charge in [0.05, 0.1) is 5.92 Å². The number of benzene rings is 1. The van der Waals surface area contributed by atoms with E-state index in [0.717, 1.165) is 5.56 Å². The first kappa shape index (κ1) is 16.6. The van der Waals surface area contributed by atoms with E-state index >= 15 is 0 Å². The van der Waals surface area contributed by atoms with Crippen LogP contribution in [0.5, 0.6) is 0 Å². The molecule has 0 saturated carbocycles. The van der Waals surface area contributed by atoms with Crippen molar-refractivity contribution in [3.63, 3.8) is 0 Å². The fourth-order valence-corrected chi connectivity index (χ4v) is 2.75. The molecule has 128 valence electrons. The maximum absolute atomic E-state index is 13.0. The molecule has 0 saturated heterocycles. The third-order valence-corrected chi connectivity index (χ3v) is 4.09. The first-order chi connectivity index (χ1) is 12.0. The summed E-state index contributed by atoms with van der Waals surface area (Å²) >= 11 is 0. The van der Waals surface area contributed by atoms with Crippen molar-refractivity contribution in [1.82, 2.24) is 19.1 Å². The van der Waals surface area contributed by atoms with Crippen molar-refractivity contribution in [2.24, 2.45) is 7.05 Å². The number of ketones is 1. The average Bonchev–Trinajstić information content (AvgIpc) is 3.19. The Kier molecular flexibility index (Phi) is 4.42. The summed E-state index contributed by atoms with van der Waals surface area (Å²) in [5.41, 5.74) is 0.825. The van der Waals surface area contributed by atoms with Gasteiger partial charge in [-0.3, -0.25) is 4.79 Å². The van der Waals surface area contributed by atoms with E-state index in [0.29, 0.717) is 11.6 Å². The second-order valence-corrected chi connectivity index (χ2v) is 5.75. The van der Waals surface area contributed by atoms with E-state index in [1.165, 1.54) is 6.20 Å². The summed E-state index contributed by atoms with van der Waals surface area (Å²) in [6.45, 7) is 1.93. The molecule has 0 aliphatic rings. The zero-order valence-corrected chi connectivity index (χ0v) is 13.9. The van der Waals surface area contributed by atoms with Gasteiger partial charge in [-0.25, -0.2) is 4.98 Å². The molecule has 0 aliphatic heterocycles. The summed E-state index contributed by atoms with van der Waals surface area (Å²) in [6.07, 6.45) is 4.64. The third kappa shape index (κ3) is 3.32. The van der Waals surface area contributed by atoms with Crippen molar-refractivity contribution >= 4 is 11.6 Å². The van der Waals surface area contributed by atoms with E-state index in [2.05, 4.69) is 9.97 Å². The van der Waals surface area contributed by atoms with Gasteiger partial charge in [0.25, 0.3) is 0 Å². The van der Waals surface area contributed by atoms with Crippen LogP contribution in [0.3, 0.4) is 0 Å². The fourth-order valence-electron chi connectivity index (χ4n) is 2.75. The predicted molar refractivity (Wildman–Crippen MR) is 90.3 cm³/mol. The molecule has 0 aliphatic carbocycles. The maximum atomic E-state index is 13.0. The first-order valence-electron chi connectivity index (χ1n) is 7.72. The van der Waals surface area contributed by atoms with Crippen molar-refractivity contribution in [3.05, 3.63) is 76.2 Å². The van der Waals surface area contributed by atoms with Gasteiger partial charge >= 0.3 is 5.82 Å². The summed E-state index contributed by atoms with van der Waals surface area (Å²) in [6, 6.07) is 9.33. The average molecular weight is 339 g/mol. The molecule has 8 heteroatoms. The highest BCUT2D eigenvalue weighted by Gasteiger charge is 2.27. The quantitative estimate of drug-likeness (QED) is 0.390. The van der Waals surface area contributed by atoms with E-state index in [9.17, 15) is 14.9 Å². The van der Waals surface area contributed by atoms with Gasteiger partial charge in [0, 0.05) is 32.9 Å². The summed E-state index contributed by atoms with van der Waals surface area (Å²) in [5, 5.41) is 10.9. The number of carbonyl (C=O) groups excluding carboxylic acids is 1. The van der Waals surface area contributed by atoms with Crippen LogP contribution in [-0.2, 0) is 13.6 Å². The van der Waals surface area contributed by atoms with E-state index in [-0.39, 0.29) is 18.1 Å². The molecule has 0 N–H and O–H groups in total. The molecule has 1 atom stereocenters. The minimum Gasteiger partial charge on any atom is -0.358 e. The Morgan fingerprint density at radius 2 is 2.04 bits per heavy atom. The largest absolute Gasteiger partial charge is 0.381 e. The Balaban J connectivity index is 1.99. The standard InChI is InChI=1S/C17H17N5O3/c1-12-19-15(22(24)25)11-21(12)10-14(13-6-4-3-5-7-13)16(23)17-18-8-9-20(17)2/h3-9,11,14H,10H2,1-2H3. The smallest absolute Gasteiger partial charge is 0.358 e. The van der Waals surface area contributed by atoms with Gasteiger partial charge in [0.2, 0.25) is 11.6 Å². The number of aryl methyl sites for hydroxylation is 2. The van der Waals surface area contributed by atoms with Crippen LogP contribution in [-0.4, -0.2) is 29.8 Å². The Hall–Kier alpha value is -3.29. The van der Waals surface area contributed by atoms with Crippen molar-refractivity contribution < 1.29 is 9.72 Å². The molecule has 2 aromatic heterocycles. The second-order valence-electron chi connectivity index (χ2n) is 5.75. The molecule has 1 aromatic carbocycles. The first-order valence-corrected chi connectivity index (χ1v) is 7.72. The highest BCUT2D eigenvalue weighted by Crippen LogP contribution is 2.24. The Morgan fingerprint density at radius 1 is 1.32 bits per heavy atom. The number of nitro groups is 1. The highest BCUT2D eigenvalue weighted by atomic mass is 16.6. The van der Waals surface area contributed by atoms with Gasteiger partial charge in [-0.2, -0.15) is 0 Å². The van der Waals surface area contributed by atoms with Crippen LogP contribution in [0.2, 0.25) is 0 Å². The van der Waals surface area contributed by atoms with E-state index in [1.807, 2.05) is 30.3 Å². The van der Waals surface area contributed by atoms with Gasteiger partial charge in [-0.15, -0.1) is 0 Å². The molecule has 0 spiro atoms. The molecule has 2 heterocycles. The molecule has 3 rings (SSSR count). The number of nitrogens with zero attached hydrogens (tertiary/aromatic N) is 5. The number of imidazole rings is 2. The van der Waals surface area contributed by atoms with Crippen LogP contribution in [0.25, 0.3) is 0 Å². The Morgan fingerprint density at radius 3 is 2.60 bits per heavy atom. The van der Waals surface area contributed by atoms with E-state index < -0.39 is 10.8 Å². The van der Waals surface area contributed by atoms with Gasteiger partial charge < -0.3 is 19.2 Å². The molecular weight excluding hydrogens is 322 g/mol. The number of Topliss-reactive ketones (excluding diaryl/α,β-unsaturated/α-hetero) is 1. The molecule has 0 fully saturated rings. The SMILES string of the molecule is Cc1nc([N+](=O)[O-])cn1CC(C(=O)c1nccn1C)c1ccccc1. The monoisotopic (exact) mass is 339 g/mol. The molecule has 25 heavy (non-hydrogen) atoms.